The number of aryl methyl sites for hydroxylation is 2. The lowest BCUT2D eigenvalue weighted by atomic mass is 10.2. The van der Waals surface area contributed by atoms with Crippen LogP contribution in [0.5, 0.6) is 0 Å². The van der Waals surface area contributed by atoms with Crippen LogP contribution in [0, 0.1) is 24.7 Å². The molecular formula is C15H21N5O2. The summed E-state index contributed by atoms with van der Waals surface area (Å²) < 4.78 is 2.03. The molecular weight excluding hydrogens is 282 g/mol. The molecule has 7 heteroatoms. The number of hydrogen-bond donors (Lipinski definition) is 3. The second kappa shape index (κ2) is 16.2. The molecule has 0 aliphatic carbocycles. The maximum atomic E-state index is 8.35. The number of aromatic nitrogens is 2. The van der Waals surface area contributed by atoms with Gasteiger partial charge in [-0.2, -0.15) is 0 Å². The molecule has 0 bridgehead atoms. The van der Waals surface area contributed by atoms with Gasteiger partial charge in [0.2, 0.25) is 12.2 Å². The van der Waals surface area contributed by atoms with E-state index in [0.717, 1.165) is 24.5 Å². The Labute approximate surface area is 129 Å². The molecule has 1 heterocycles. The van der Waals surface area contributed by atoms with Crippen LogP contribution in [0.3, 0.4) is 0 Å². The summed E-state index contributed by atoms with van der Waals surface area (Å²) in [6.45, 7) is 5.60. The quantitative estimate of drug-likeness (QED) is 0.579. The van der Waals surface area contributed by atoms with Crippen molar-refractivity contribution in [3.05, 3.63) is 54.1 Å². The second-order valence-electron chi connectivity index (χ2n) is 3.82. The molecule has 0 aliphatic rings. The molecule has 2 aromatic rings. The summed E-state index contributed by atoms with van der Waals surface area (Å²) in [5.74, 6) is 1.03. The van der Waals surface area contributed by atoms with Gasteiger partial charge in [0.1, 0.15) is 5.82 Å². The van der Waals surface area contributed by atoms with Crippen LogP contribution in [0.15, 0.2) is 42.7 Å². The average molecular weight is 303 g/mol. The third kappa shape index (κ3) is 13.6. The van der Waals surface area contributed by atoms with E-state index in [0.29, 0.717) is 6.54 Å². The lowest BCUT2D eigenvalue weighted by molar-refractivity contribution is 0.562. The van der Waals surface area contributed by atoms with Gasteiger partial charge in [0, 0.05) is 25.5 Å². The summed E-state index contributed by atoms with van der Waals surface area (Å²) in [5, 5.41) is 10.8. The standard InChI is InChI=1S/C7H8.C6H11N3.2CHNO/c1-7-5-3-2-4-6-7;1-6-8-3-5-9(6)4-2-7;2*2-1-3/h2-6H,1H3;3,5H,2,4,7H2,1H3;2*2H. The van der Waals surface area contributed by atoms with Gasteiger partial charge in [0.25, 0.3) is 0 Å². The minimum absolute atomic E-state index is 0.678. The van der Waals surface area contributed by atoms with Crippen LogP contribution in [0.1, 0.15) is 11.4 Å². The van der Waals surface area contributed by atoms with Crippen molar-refractivity contribution in [3.63, 3.8) is 0 Å². The molecule has 0 saturated heterocycles. The number of nitrogens with zero attached hydrogens (tertiary/aromatic N) is 2. The van der Waals surface area contributed by atoms with Crippen LogP contribution in [0.4, 0.5) is 0 Å². The third-order valence-corrected chi connectivity index (χ3v) is 2.23. The van der Waals surface area contributed by atoms with Crippen molar-refractivity contribution < 1.29 is 9.59 Å². The molecule has 1 aromatic carbocycles. The molecule has 0 atom stereocenters. The lowest BCUT2D eigenvalue weighted by Crippen LogP contribution is -2.09. The Balaban J connectivity index is 0. The van der Waals surface area contributed by atoms with Crippen LogP contribution < -0.4 is 5.73 Å². The van der Waals surface area contributed by atoms with Gasteiger partial charge in [0.15, 0.2) is 0 Å². The Hall–Kier alpha value is -2.85. The van der Waals surface area contributed by atoms with Crippen molar-refractivity contribution >= 4 is 12.2 Å². The molecule has 0 fully saturated rings. The molecule has 0 aliphatic heterocycles. The zero-order valence-corrected chi connectivity index (χ0v) is 12.7. The fourth-order valence-electron chi connectivity index (χ4n) is 1.31. The smallest absolute Gasteiger partial charge is 0.231 e. The average Bonchev–Trinajstić information content (AvgIpc) is 2.88. The van der Waals surface area contributed by atoms with Gasteiger partial charge in [0.05, 0.1) is 0 Å². The Kier molecular flexibility index (Phi) is 15.8. The first-order valence-corrected chi connectivity index (χ1v) is 6.34. The minimum Gasteiger partial charge on any atom is -0.334 e. The second-order valence-corrected chi connectivity index (χ2v) is 3.82. The summed E-state index contributed by atoms with van der Waals surface area (Å²) in [4.78, 5) is 20.7. The van der Waals surface area contributed by atoms with E-state index in [1.54, 1.807) is 6.20 Å². The van der Waals surface area contributed by atoms with Crippen molar-refractivity contribution in [2.45, 2.75) is 20.4 Å². The van der Waals surface area contributed by atoms with Crippen LogP contribution >= 0.6 is 0 Å². The molecule has 4 N–H and O–H groups in total. The normalized spacial score (nSPS) is 7.59. The first-order chi connectivity index (χ1) is 10.6. The predicted molar refractivity (Wildman–Crippen MR) is 84.0 cm³/mol. The highest BCUT2D eigenvalue weighted by molar-refractivity contribution is 5.26. The van der Waals surface area contributed by atoms with E-state index in [4.69, 9.17) is 26.1 Å². The van der Waals surface area contributed by atoms with Crippen molar-refractivity contribution in [1.82, 2.24) is 9.55 Å². The maximum absolute atomic E-state index is 8.35. The summed E-state index contributed by atoms with van der Waals surface area (Å²) in [6.07, 6.45) is 5.22. The van der Waals surface area contributed by atoms with E-state index in [1.165, 1.54) is 5.56 Å². The Morgan fingerprint density at radius 3 is 1.91 bits per heavy atom. The zero-order valence-electron chi connectivity index (χ0n) is 12.7. The first kappa shape index (κ1) is 21.4. The van der Waals surface area contributed by atoms with Gasteiger partial charge in [-0.25, -0.2) is 25.4 Å². The highest BCUT2D eigenvalue weighted by Gasteiger charge is 1.91. The summed E-state index contributed by atoms with van der Waals surface area (Å²) in [7, 11) is 0. The maximum Gasteiger partial charge on any atom is 0.231 e. The van der Waals surface area contributed by atoms with Gasteiger partial charge in [-0.15, -0.1) is 0 Å². The predicted octanol–water partition coefficient (Wildman–Crippen LogP) is 1.95. The molecule has 0 amide bonds. The summed E-state index contributed by atoms with van der Waals surface area (Å²) >= 11 is 0. The number of isocyanates is 2. The number of imidazole rings is 1. The minimum atomic E-state index is 0.678. The first-order valence-electron chi connectivity index (χ1n) is 6.34. The van der Waals surface area contributed by atoms with Gasteiger partial charge in [-0.1, -0.05) is 35.9 Å². The van der Waals surface area contributed by atoms with E-state index in [2.05, 4.69) is 24.0 Å². The van der Waals surface area contributed by atoms with Crippen LogP contribution in [-0.2, 0) is 16.1 Å². The number of nitrogens with two attached hydrogens (primary N) is 1. The fourth-order valence-corrected chi connectivity index (χ4v) is 1.31. The molecule has 1 aromatic heterocycles. The number of hydrogen-bond acceptors (Lipinski definition) is 6. The van der Waals surface area contributed by atoms with Crippen molar-refractivity contribution in [2.24, 2.45) is 5.73 Å². The molecule has 7 nitrogen and oxygen atoms in total. The van der Waals surface area contributed by atoms with E-state index < -0.39 is 0 Å². The van der Waals surface area contributed by atoms with Crippen molar-refractivity contribution in [3.8, 4) is 0 Å². The molecule has 0 saturated carbocycles. The van der Waals surface area contributed by atoms with Gasteiger partial charge in [-0.05, 0) is 13.8 Å². The highest BCUT2D eigenvalue weighted by atomic mass is 16.1. The van der Waals surface area contributed by atoms with Crippen molar-refractivity contribution in [2.75, 3.05) is 6.54 Å². The van der Waals surface area contributed by atoms with E-state index in [1.807, 2.05) is 35.9 Å². The Morgan fingerprint density at radius 2 is 1.64 bits per heavy atom. The van der Waals surface area contributed by atoms with Gasteiger partial charge in [-0.3, -0.25) is 0 Å². The van der Waals surface area contributed by atoms with Crippen LogP contribution in [0.25, 0.3) is 0 Å². The molecule has 0 spiro atoms. The fraction of sp³-hybridized carbons (Fsp3) is 0.267. The molecule has 118 valence electrons. The largest absolute Gasteiger partial charge is 0.334 e. The Morgan fingerprint density at radius 1 is 1.14 bits per heavy atom. The van der Waals surface area contributed by atoms with E-state index in [-0.39, 0.29) is 0 Å². The highest BCUT2D eigenvalue weighted by Crippen LogP contribution is 1.92. The zero-order chi connectivity index (χ0) is 17.2. The van der Waals surface area contributed by atoms with E-state index in [9.17, 15) is 0 Å². The topological polar surface area (TPSA) is 126 Å². The van der Waals surface area contributed by atoms with Crippen molar-refractivity contribution in [1.29, 1.82) is 10.8 Å². The lowest BCUT2D eigenvalue weighted by Gasteiger charge is -1.99. The molecule has 0 radical (unpaired) electrons. The number of benzene rings is 1. The molecule has 2 rings (SSSR count). The van der Waals surface area contributed by atoms with Crippen LogP contribution in [-0.4, -0.2) is 28.3 Å². The Bertz CT molecular complexity index is 542. The van der Waals surface area contributed by atoms with Gasteiger partial charge < -0.3 is 10.3 Å². The number of carbonyl (C=O) groups excluding carboxylic acids is 2. The third-order valence-electron chi connectivity index (χ3n) is 2.23. The molecule has 0 unspecified atom stereocenters. The SMILES string of the molecule is Cc1ccccc1.Cc1nccn1CCN.N=C=O.N=C=O. The van der Waals surface area contributed by atoms with E-state index >= 15 is 0 Å². The van der Waals surface area contributed by atoms with Crippen LogP contribution in [0.2, 0.25) is 0 Å². The number of nitrogens with one attached hydrogen (secondary N) is 2. The monoisotopic (exact) mass is 303 g/mol. The summed E-state index contributed by atoms with van der Waals surface area (Å²) in [5.41, 5.74) is 6.66. The molecule has 22 heavy (non-hydrogen) atoms. The number of rotatable bonds is 2. The summed E-state index contributed by atoms with van der Waals surface area (Å²) in [6, 6.07) is 10.3. The van der Waals surface area contributed by atoms with Gasteiger partial charge >= 0.3 is 0 Å².